The van der Waals surface area contributed by atoms with Gasteiger partial charge in [0, 0.05) is 19.1 Å². The first kappa shape index (κ1) is 6.01. The molecule has 0 bridgehead atoms. The zero-order chi connectivity index (χ0) is 5.98. The molecule has 1 saturated heterocycles. The van der Waals surface area contributed by atoms with Crippen molar-refractivity contribution in [3.05, 3.63) is 0 Å². The third-order valence-corrected chi connectivity index (χ3v) is 1.36. The van der Waals surface area contributed by atoms with Crippen LogP contribution in [0.2, 0.25) is 0 Å². The smallest absolute Gasteiger partial charge is 0.0679 e. The molecule has 0 aromatic heterocycles. The van der Waals surface area contributed by atoms with Crippen LogP contribution in [0, 0.1) is 0 Å². The Labute approximate surface area is 48.9 Å². The van der Waals surface area contributed by atoms with Gasteiger partial charge in [0.1, 0.15) is 0 Å². The molecule has 0 spiro atoms. The van der Waals surface area contributed by atoms with Crippen molar-refractivity contribution in [1.29, 1.82) is 0 Å². The Kier molecular flexibility index (Phi) is 1.83. The highest BCUT2D eigenvalue weighted by atomic mass is 16.3. The SMILES string of the molecule is N[C@H]1CNCC(O)C1. The molecule has 1 fully saturated rings. The molecule has 1 unspecified atom stereocenters. The summed E-state index contributed by atoms with van der Waals surface area (Å²) in [7, 11) is 0. The predicted octanol–water partition coefficient (Wildman–Crippen LogP) is -1.33. The van der Waals surface area contributed by atoms with Crippen LogP contribution in [0.1, 0.15) is 6.42 Å². The first-order valence-corrected chi connectivity index (χ1v) is 2.93. The molecule has 8 heavy (non-hydrogen) atoms. The van der Waals surface area contributed by atoms with E-state index in [1.54, 1.807) is 0 Å². The summed E-state index contributed by atoms with van der Waals surface area (Å²) in [5.74, 6) is 0. The van der Waals surface area contributed by atoms with Crippen LogP contribution >= 0.6 is 0 Å². The number of nitrogens with one attached hydrogen (secondary N) is 1. The number of rotatable bonds is 0. The molecule has 1 heterocycles. The fourth-order valence-corrected chi connectivity index (χ4v) is 0.951. The zero-order valence-corrected chi connectivity index (χ0v) is 4.80. The molecular formula is C5H12N2O. The number of β-amino-alcohol motifs (C(OH)–C–C–N with tert-alkyl or cyclic N) is 1. The van der Waals surface area contributed by atoms with Gasteiger partial charge in [-0.3, -0.25) is 0 Å². The summed E-state index contributed by atoms with van der Waals surface area (Å²) in [6, 6.07) is 0.152. The topological polar surface area (TPSA) is 58.3 Å². The summed E-state index contributed by atoms with van der Waals surface area (Å²) < 4.78 is 0. The van der Waals surface area contributed by atoms with Crippen molar-refractivity contribution in [1.82, 2.24) is 5.32 Å². The molecule has 0 aromatic carbocycles. The van der Waals surface area contributed by atoms with Crippen LogP contribution < -0.4 is 11.1 Å². The number of hydrogen-bond acceptors (Lipinski definition) is 3. The van der Waals surface area contributed by atoms with Crippen LogP contribution in [0.3, 0.4) is 0 Å². The van der Waals surface area contributed by atoms with Gasteiger partial charge in [0.05, 0.1) is 6.10 Å². The van der Waals surface area contributed by atoms with E-state index in [2.05, 4.69) is 5.32 Å². The highest BCUT2D eigenvalue weighted by Crippen LogP contribution is 1.98. The second-order valence-corrected chi connectivity index (χ2v) is 2.31. The quantitative estimate of drug-likeness (QED) is 0.367. The second-order valence-electron chi connectivity index (χ2n) is 2.31. The van der Waals surface area contributed by atoms with Crippen LogP contribution in [0.15, 0.2) is 0 Å². The van der Waals surface area contributed by atoms with Gasteiger partial charge in [-0.2, -0.15) is 0 Å². The van der Waals surface area contributed by atoms with Crippen molar-refractivity contribution in [2.45, 2.75) is 18.6 Å². The molecule has 2 atom stereocenters. The summed E-state index contributed by atoms with van der Waals surface area (Å²) in [4.78, 5) is 0. The monoisotopic (exact) mass is 116 g/mol. The van der Waals surface area contributed by atoms with Gasteiger partial charge in [0.2, 0.25) is 0 Å². The zero-order valence-electron chi connectivity index (χ0n) is 4.80. The Morgan fingerprint density at radius 2 is 2.25 bits per heavy atom. The minimum atomic E-state index is -0.223. The maximum atomic E-state index is 8.94. The fourth-order valence-electron chi connectivity index (χ4n) is 0.951. The summed E-state index contributed by atoms with van der Waals surface area (Å²) in [6.07, 6.45) is 0.520. The van der Waals surface area contributed by atoms with E-state index in [1.165, 1.54) is 0 Å². The van der Waals surface area contributed by atoms with Gasteiger partial charge >= 0.3 is 0 Å². The van der Waals surface area contributed by atoms with E-state index in [4.69, 9.17) is 10.8 Å². The van der Waals surface area contributed by atoms with E-state index in [-0.39, 0.29) is 12.1 Å². The van der Waals surface area contributed by atoms with E-state index in [0.29, 0.717) is 6.54 Å². The Bertz CT molecular complexity index is 68.8. The maximum absolute atomic E-state index is 8.94. The average molecular weight is 116 g/mol. The molecule has 4 N–H and O–H groups in total. The van der Waals surface area contributed by atoms with E-state index in [1.807, 2.05) is 0 Å². The summed E-state index contributed by atoms with van der Waals surface area (Å²) in [5.41, 5.74) is 5.50. The third kappa shape index (κ3) is 1.43. The first-order valence-electron chi connectivity index (χ1n) is 2.93. The predicted molar refractivity (Wildman–Crippen MR) is 31.5 cm³/mol. The third-order valence-electron chi connectivity index (χ3n) is 1.36. The van der Waals surface area contributed by atoms with Crippen molar-refractivity contribution < 1.29 is 5.11 Å². The van der Waals surface area contributed by atoms with Gasteiger partial charge in [0.15, 0.2) is 0 Å². The average Bonchev–Trinajstić information content (AvgIpc) is 1.64. The van der Waals surface area contributed by atoms with E-state index >= 15 is 0 Å². The molecule has 0 aliphatic carbocycles. The lowest BCUT2D eigenvalue weighted by molar-refractivity contribution is 0.133. The Hall–Kier alpha value is -0.120. The van der Waals surface area contributed by atoms with Crippen LogP contribution in [0.5, 0.6) is 0 Å². The van der Waals surface area contributed by atoms with Crippen molar-refractivity contribution in [2.24, 2.45) is 5.73 Å². The maximum Gasteiger partial charge on any atom is 0.0679 e. The lowest BCUT2D eigenvalue weighted by Gasteiger charge is -2.23. The lowest BCUT2D eigenvalue weighted by Crippen LogP contribution is -2.46. The second kappa shape index (κ2) is 2.44. The molecule has 1 rings (SSSR count). The number of nitrogens with two attached hydrogens (primary N) is 1. The summed E-state index contributed by atoms with van der Waals surface area (Å²) in [5, 5.41) is 11.9. The van der Waals surface area contributed by atoms with Crippen LogP contribution in [0.4, 0.5) is 0 Å². The number of aliphatic hydroxyl groups excluding tert-OH is 1. The van der Waals surface area contributed by atoms with Gasteiger partial charge < -0.3 is 16.2 Å². The van der Waals surface area contributed by atoms with Gasteiger partial charge in [0.25, 0.3) is 0 Å². The highest BCUT2D eigenvalue weighted by Gasteiger charge is 2.14. The normalized spacial score (nSPS) is 39.8. The van der Waals surface area contributed by atoms with Gasteiger partial charge in [-0.25, -0.2) is 0 Å². The molecule has 1 aliphatic rings. The molecule has 0 aromatic rings. The fraction of sp³-hybridized carbons (Fsp3) is 1.00. The first-order chi connectivity index (χ1) is 3.79. The molecule has 0 radical (unpaired) electrons. The molecule has 1 aliphatic heterocycles. The molecule has 3 heteroatoms. The lowest BCUT2D eigenvalue weighted by atomic mass is 10.1. The minimum Gasteiger partial charge on any atom is -0.392 e. The number of hydrogen-bond donors (Lipinski definition) is 3. The van der Waals surface area contributed by atoms with Gasteiger partial charge in [-0.15, -0.1) is 0 Å². The van der Waals surface area contributed by atoms with Gasteiger partial charge in [-0.1, -0.05) is 0 Å². The summed E-state index contributed by atoms with van der Waals surface area (Å²) >= 11 is 0. The number of aliphatic hydroxyl groups is 1. The Morgan fingerprint density at radius 1 is 1.50 bits per heavy atom. The molecule has 48 valence electrons. The van der Waals surface area contributed by atoms with E-state index in [0.717, 1.165) is 13.0 Å². The van der Waals surface area contributed by atoms with Crippen molar-refractivity contribution >= 4 is 0 Å². The molecular weight excluding hydrogens is 104 g/mol. The molecule has 0 amide bonds. The highest BCUT2D eigenvalue weighted by molar-refractivity contribution is 4.76. The Balaban J connectivity index is 2.23. The Morgan fingerprint density at radius 3 is 2.62 bits per heavy atom. The van der Waals surface area contributed by atoms with Crippen LogP contribution in [-0.2, 0) is 0 Å². The van der Waals surface area contributed by atoms with Crippen molar-refractivity contribution in [3.63, 3.8) is 0 Å². The van der Waals surface area contributed by atoms with Crippen molar-refractivity contribution in [2.75, 3.05) is 13.1 Å². The van der Waals surface area contributed by atoms with Gasteiger partial charge in [-0.05, 0) is 6.42 Å². The summed E-state index contributed by atoms with van der Waals surface area (Å²) in [6.45, 7) is 1.55. The van der Waals surface area contributed by atoms with E-state index in [9.17, 15) is 0 Å². The number of piperidine rings is 1. The molecule has 3 nitrogen and oxygen atoms in total. The van der Waals surface area contributed by atoms with Crippen molar-refractivity contribution in [3.8, 4) is 0 Å². The van der Waals surface area contributed by atoms with Crippen LogP contribution in [-0.4, -0.2) is 30.3 Å². The minimum absolute atomic E-state index is 0.152. The largest absolute Gasteiger partial charge is 0.392 e. The van der Waals surface area contributed by atoms with E-state index < -0.39 is 0 Å². The molecule has 0 saturated carbocycles. The van der Waals surface area contributed by atoms with Crippen LogP contribution in [0.25, 0.3) is 0 Å². The standard InChI is InChI=1S/C5H12N2O/c6-4-1-5(8)3-7-2-4/h4-5,7-8H,1-3,6H2/t4-,5?/m1/s1.